The molecule has 0 bridgehead atoms. The Morgan fingerprint density at radius 2 is 1.80 bits per heavy atom. The van der Waals surface area contributed by atoms with E-state index in [1.165, 1.54) is 18.3 Å². The Balaban J connectivity index is 1.34. The summed E-state index contributed by atoms with van der Waals surface area (Å²) in [6, 6.07) is 12.5. The molecule has 2 aromatic carbocycles. The van der Waals surface area contributed by atoms with Crippen molar-refractivity contribution in [2.45, 2.75) is 31.8 Å². The number of aliphatic carboxylic acids is 1. The van der Waals surface area contributed by atoms with Gasteiger partial charge in [0.1, 0.15) is 23.6 Å². The molecule has 1 aliphatic carbocycles. The summed E-state index contributed by atoms with van der Waals surface area (Å²) in [5.41, 5.74) is 1.97. The number of halogens is 2. The lowest BCUT2D eigenvalue weighted by molar-refractivity contribution is -0.143. The molecular weight excluding hydrogens is 454 g/mol. The number of fused-ring (bicyclic) bond motifs is 1. The minimum absolute atomic E-state index is 0.0381. The number of hydrogen-bond acceptors (Lipinski definition) is 5. The number of pyridine rings is 1. The predicted octanol–water partition coefficient (Wildman–Crippen LogP) is 5.46. The van der Waals surface area contributed by atoms with E-state index < -0.39 is 17.6 Å². The highest BCUT2D eigenvalue weighted by molar-refractivity contribution is 5.81. The summed E-state index contributed by atoms with van der Waals surface area (Å²) in [5.74, 6) is -2.25. The number of nitriles is 1. The molecule has 2 aromatic heterocycles. The fraction of sp³-hybridized carbons (Fsp3) is 0.231. The van der Waals surface area contributed by atoms with Crippen LogP contribution in [0.4, 0.5) is 8.78 Å². The number of hydrogen-bond donors (Lipinski definition) is 2. The second-order valence-corrected chi connectivity index (χ2v) is 8.56. The fourth-order valence-corrected chi connectivity index (χ4v) is 4.38. The second kappa shape index (κ2) is 9.14. The van der Waals surface area contributed by atoms with Crippen molar-refractivity contribution in [1.29, 1.82) is 5.26 Å². The SMILES string of the molecule is N#Cc1ccc2nc(-c3c(F)cc(-c4ccc(OC5CCC(C(=O)O)CC5)nc4)cc3F)[nH]c2c1. The summed E-state index contributed by atoms with van der Waals surface area (Å²) in [4.78, 5) is 22.5. The first kappa shape index (κ1) is 22.5. The van der Waals surface area contributed by atoms with E-state index in [0.717, 1.165) is 0 Å². The van der Waals surface area contributed by atoms with Gasteiger partial charge in [0.15, 0.2) is 0 Å². The van der Waals surface area contributed by atoms with Crippen molar-refractivity contribution in [3.8, 4) is 34.5 Å². The highest BCUT2D eigenvalue weighted by Gasteiger charge is 2.27. The summed E-state index contributed by atoms with van der Waals surface area (Å²) in [5, 5.41) is 18.1. The van der Waals surface area contributed by atoms with Crippen LogP contribution in [0.25, 0.3) is 33.5 Å². The minimum Gasteiger partial charge on any atom is -0.481 e. The molecule has 9 heteroatoms. The molecule has 0 aliphatic heterocycles. The highest BCUT2D eigenvalue weighted by atomic mass is 19.1. The van der Waals surface area contributed by atoms with E-state index in [1.54, 1.807) is 30.3 Å². The maximum atomic E-state index is 15.0. The van der Waals surface area contributed by atoms with Gasteiger partial charge in [-0.2, -0.15) is 5.26 Å². The third-order valence-corrected chi connectivity index (χ3v) is 6.27. The van der Waals surface area contributed by atoms with Crippen LogP contribution in [0.15, 0.2) is 48.7 Å². The summed E-state index contributed by atoms with van der Waals surface area (Å²) < 4.78 is 35.8. The molecule has 176 valence electrons. The number of carboxylic acids is 1. The van der Waals surface area contributed by atoms with Crippen LogP contribution >= 0.6 is 0 Å². The van der Waals surface area contributed by atoms with Gasteiger partial charge in [-0.05, 0) is 67.6 Å². The van der Waals surface area contributed by atoms with E-state index in [1.807, 2.05) is 6.07 Å². The number of rotatable bonds is 5. The van der Waals surface area contributed by atoms with Crippen molar-refractivity contribution in [3.05, 3.63) is 65.9 Å². The van der Waals surface area contributed by atoms with Crippen LogP contribution in [0.2, 0.25) is 0 Å². The Morgan fingerprint density at radius 1 is 1.06 bits per heavy atom. The molecule has 35 heavy (non-hydrogen) atoms. The third-order valence-electron chi connectivity index (χ3n) is 6.27. The van der Waals surface area contributed by atoms with Crippen LogP contribution in [0, 0.1) is 28.9 Å². The van der Waals surface area contributed by atoms with Gasteiger partial charge in [-0.15, -0.1) is 0 Å². The van der Waals surface area contributed by atoms with Gasteiger partial charge in [0.05, 0.1) is 34.1 Å². The standard InChI is InChI=1S/C26H20F2N4O3/c27-19-10-17(11-20(28)24(19)25-31-21-7-1-14(12-29)9-22(21)32-25)16-4-8-23(30-13-16)35-18-5-2-15(3-6-18)26(33)34/h1,4,7-11,13,15,18H,2-3,5-6H2,(H,31,32)(H,33,34). The largest absolute Gasteiger partial charge is 0.481 e. The molecule has 0 unspecified atom stereocenters. The number of H-pyrrole nitrogens is 1. The normalized spacial score (nSPS) is 17.7. The molecule has 2 heterocycles. The summed E-state index contributed by atoms with van der Waals surface area (Å²) in [6.07, 6.45) is 3.78. The van der Waals surface area contributed by atoms with E-state index >= 15 is 0 Å². The van der Waals surface area contributed by atoms with Crippen molar-refractivity contribution >= 4 is 17.0 Å². The maximum Gasteiger partial charge on any atom is 0.306 e. The number of ether oxygens (including phenoxy) is 1. The minimum atomic E-state index is -0.782. The third kappa shape index (κ3) is 4.55. The number of carboxylic acid groups (broad SMARTS) is 1. The molecule has 0 amide bonds. The van der Waals surface area contributed by atoms with Gasteiger partial charge >= 0.3 is 5.97 Å². The summed E-state index contributed by atoms with van der Waals surface area (Å²) in [6.45, 7) is 0. The van der Waals surface area contributed by atoms with Crippen LogP contribution < -0.4 is 4.74 Å². The van der Waals surface area contributed by atoms with Crippen molar-refractivity contribution in [1.82, 2.24) is 15.0 Å². The number of benzene rings is 2. The van der Waals surface area contributed by atoms with Crippen LogP contribution in [0.3, 0.4) is 0 Å². The predicted molar refractivity (Wildman–Crippen MR) is 123 cm³/mol. The number of nitrogens with one attached hydrogen (secondary N) is 1. The average molecular weight is 474 g/mol. The molecule has 2 N–H and O–H groups in total. The first-order valence-corrected chi connectivity index (χ1v) is 11.2. The van der Waals surface area contributed by atoms with Gasteiger partial charge < -0.3 is 14.8 Å². The lowest BCUT2D eigenvalue weighted by Gasteiger charge is -2.26. The zero-order valence-corrected chi connectivity index (χ0v) is 18.5. The Morgan fingerprint density at radius 3 is 2.43 bits per heavy atom. The molecule has 0 saturated heterocycles. The van der Waals surface area contributed by atoms with Crippen LogP contribution in [-0.2, 0) is 4.79 Å². The average Bonchev–Trinajstić information content (AvgIpc) is 3.27. The number of aromatic nitrogens is 3. The van der Waals surface area contributed by atoms with E-state index in [0.29, 0.717) is 59.3 Å². The molecule has 0 spiro atoms. The van der Waals surface area contributed by atoms with E-state index in [2.05, 4.69) is 15.0 Å². The first-order valence-electron chi connectivity index (χ1n) is 11.2. The van der Waals surface area contributed by atoms with Gasteiger partial charge in [-0.25, -0.2) is 18.7 Å². The quantitative estimate of drug-likeness (QED) is 0.397. The maximum absolute atomic E-state index is 15.0. The van der Waals surface area contributed by atoms with Crippen LogP contribution in [-0.4, -0.2) is 32.1 Å². The Labute approximate surface area is 199 Å². The molecule has 1 aliphatic rings. The molecule has 4 aromatic rings. The molecule has 7 nitrogen and oxygen atoms in total. The lowest BCUT2D eigenvalue weighted by Crippen LogP contribution is -2.28. The van der Waals surface area contributed by atoms with Crippen molar-refractivity contribution in [2.24, 2.45) is 5.92 Å². The van der Waals surface area contributed by atoms with Crippen molar-refractivity contribution < 1.29 is 23.4 Å². The van der Waals surface area contributed by atoms with Crippen molar-refractivity contribution in [2.75, 3.05) is 0 Å². The Bertz CT molecular complexity index is 1430. The molecule has 1 fully saturated rings. The zero-order valence-electron chi connectivity index (χ0n) is 18.5. The Hall–Kier alpha value is -4.32. The monoisotopic (exact) mass is 474 g/mol. The van der Waals surface area contributed by atoms with E-state index in [4.69, 9.17) is 15.1 Å². The number of imidazole rings is 1. The molecule has 0 radical (unpaired) electrons. The summed E-state index contributed by atoms with van der Waals surface area (Å²) in [7, 11) is 0. The number of aromatic amines is 1. The fourth-order valence-electron chi connectivity index (χ4n) is 4.38. The van der Waals surface area contributed by atoms with Gasteiger partial charge in [-0.3, -0.25) is 4.79 Å². The first-order chi connectivity index (χ1) is 16.9. The van der Waals surface area contributed by atoms with Crippen LogP contribution in [0.1, 0.15) is 31.2 Å². The highest BCUT2D eigenvalue weighted by Crippen LogP contribution is 2.32. The summed E-state index contributed by atoms with van der Waals surface area (Å²) >= 11 is 0. The number of nitrogens with zero attached hydrogens (tertiary/aromatic N) is 3. The van der Waals surface area contributed by atoms with E-state index in [-0.39, 0.29) is 23.4 Å². The van der Waals surface area contributed by atoms with Gasteiger partial charge in [0.25, 0.3) is 0 Å². The van der Waals surface area contributed by atoms with Gasteiger partial charge in [-0.1, -0.05) is 0 Å². The molecule has 1 saturated carbocycles. The Kier molecular flexibility index (Phi) is 5.87. The van der Waals surface area contributed by atoms with Gasteiger partial charge in [0.2, 0.25) is 5.88 Å². The van der Waals surface area contributed by atoms with Crippen LogP contribution in [0.5, 0.6) is 5.88 Å². The zero-order chi connectivity index (χ0) is 24.5. The number of carbonyl (C=O) groups is 1. The van der Waals surface area contributed by atoms with Crippen molar-refractivity contribution in [3.63, 3.8) is 0 Å². The topological polar surface area (TPSA) is 112 Å². The van der Waals surface area contributed by atoms with E-state index in [9.17, 15) is 13.6 Å². The molecule has 0 atom stereocenters. The second-order valence-electron chi connectivity index (χ2n) is 8.56. The lowest BCUT2D eigenvalue weighted by atomic mass is 9.87. The smallest absolute Gasteiger partial charge is 0.306 e. The molecule has 5 rings (SSSR count). The molecular formula is C26H20F2N4O3. The van der Waals surface area contributed by atoms with Gasteiger partial charge in [0, 0.05) is 17.8 Å².